The van der Waals surface area contributed by atoms with Crippen LogP contribution in [0.3, 0.4) is 0 Å². The highest BCUT2D eigenvalue weighted by Crippen LogP contribution is 2.27. The summed E-state index contributed by atoms with van der Waals surface area (Å²) in [5.74, 6) is -0.0585. The highest BCUT2D eigenvalue weighted by atomic mass is 35.5. The molecular weight excluding hydrogens is 438 g/mol. The number of para-hydroxylation sites is 1. The lowest BCUT2D eigenvalue weighted by Crippen LogP contribution is -2.22. The van der Waals surface area contributed by atoms with Gasteiger partial charge in [0, 0.05) is 5.69 Å². The topological polar surface area (TPSA) is 64.0 Å². The minimum absolute atomic E-state index is 0.113. The normalized spacial score (nSPS) is 11.0. The summed E-state index contributed by atoms with van der Waals surface area (Å²) in [6.07, 6.45) is 0.945. The number of hydrogen-bond donors (Lipinski definition) is 1. The Morgan fingerprint density at radius 2 is 1.93 bits per heavy atom. The molecule has 0 saturated heterocycles. The number of fused-ring (bicyclic) bond motifs is 1. The van der Waals surface area contributed by atoms with Gasteiger partial charge in [0.1, 0.15) is 4.70 Å². The first-order valence-corrected chi connectivity index (χ1v) is 11.6. The number of thiophene rings is 1. The highest BCUT2D eigenvalue weighted by molar-refractivity contribution is 7.99. The molecule has 4 rings (SSSR count). The number of nitrogens with one attached hydrogen (secondary N) is 1. The maximum absolute atomic E-state index is 13.1. The van der Waals surface area contributed by atoms with Gasteiger partial charge in [-0.2, -0.15) is 0 Å². The lowest BCUT2D eigenvalue weighted by atomic mass is 10.1. The minimum atomic E-state index is -0.193. The predicted octanol–water partition coefficient (Wildman–Crippen LogP) is 5.39. The molecule has 0 aliphatic rings. The first kappa shape index (κ1) is 20.7. The fourth-order valence-corrected chi connectivity index (χ4v) is 4.77. The molecule has 0 spiro atoms. The van der Waals surface area contributed by atoms with Crippen molar-refractivity contribution in [3.63, 3.8) is 0 Å². The van der Waals surface area contributed by atoms with Gasteiger partial charge < -0.3 is 5.32 Å². The van der Waals surface area contributed by atoms with Crippen molar-refractivity contribution < 1.29 is 4.79 Å². The summed E-state index contributed by atoms with van der Waals surface area (Å²) in [5.41, 5.74) is 2.92. The molecule has 1 N–H and O–H groups in total. The summed E-state index contributed by atoms with van der Waals surface area (Å²) in [6.45, 7) is 2.08. The van der Waals surface area contributed by atoms with E-state index in [1.165, 1.54) is 33.2 Å². The molecule has 0 radical (unpaired) electrons. The molecule has 5 nitrogen and oxygen atoms in total. The maximum Gasteiger partial charge on any atom is 0.276 e. The van der Waals surface area contributed by atoms with Gasteiger partial charge in [-0.3, -0.25) is 14.2 Å². The number of thioether (sulfide) groups is 1. The smallest absolute Gasteiger partial charge is 0.276 e. The van der Waals surface area contributed by atoms with E-state index in [0.29, 0.717) is 26.1 Å². The Hall–Kier alpha value is -2.61. The van der Waals surface area contributed by atoms with Crippen LogP contribution in [0.1, 0.15) is 12.5 Å². The number of aromatic nitrogens is 2. The lowest BCUT2D eigenvalue weighted by Gasteiger charge is -2.13. The number of rotatable bonds is 6. The molecule has 0 saturated carbocycles. The van der Waals surface area contributed by atoms with Crippen LogP contribution < -0.4 is 10.9 Å². The van der Waals surface area contributed by atoms with E-state index in [1.54, 1.807) is 24.3 Å². The molecule has 152 valence electrons. The van der Waals surface area contributed by atoms with E-state index in [2.05, 4.69) is 17.2 Å². The van der Waals surface area contributed by atoms with E-state index in [1.807, 2.05) is 35.7 Å². The third-order valence-corrected chi connectivity index (χ3v) is 6.67. The average molecular weight is 456 g/mol. The molecule has 0 bridgehead atoms. The van der Waals surface area contributed by atoms with Crippen LogP contribution in [0.2, 0.25) is 5.02 Å². The quantitative estimate of drug-likeness (QED) is 0.312. The zero-order valence-corrected chi connectivity index (χ0v) is 18.5. The Labute approximate surface area is 186 Å². The van der Waals surface area contributed by atoms with Crippen LogP contribution in [0, 0.1) is 0 Å². The summed E-state index contributed by atoms with van der Waals surface area (Å²) < 4.78 is 2.04. The van der Waals surface area contributed by atoms with Crippen molar-refractivity contribution in [2.24, 2.45) is 0 Å². The maximum atomic E-state index is 13.1. The van der Waals surface area contributed by atoms with Crippen molar-refractivity contribution in [2.75, 3.05) is 11.1 Å². The first-order valence-electron chi connectivity index (χ1n) is 9.33. The fraction of sp³-hybridized carbons (Fsp3) is 0.136. The molecule has 0 atom stereocenters. The summed E-state index contributed by atoms with van der Waals surface area (Å²) in [7, 11) is 0. The number of benzene rings is 2. The van der Waals surface area contributed by atoms with Crippen molar-refractivity contribution in [1.29, 1.82) is 0 Å². The van der Waals surface area contributed by atoms with Crippen LogP contribution in [0.4, 0.5) is 5.69 Å². The first-order chi connectivity index (χ1) is 14.6. The fourth-order valence-electron chi connectivity index (χ4n) is 2.99. The molecule has 1 amide bonds. The standard InChI is InChI=1S/C22H18ClN3O2S2/c1-2-14-7-9-15(10-8-14)24-19(27)13-30-22-25-17-11-12-29-20(17)21(28)26(22)18-6-4-3-5-16(18)23/h3-12H,2,13H2,1H3,(H,24,27). The van der Waals surface area contributed by atoms with Crippen LogP contribution >= 0.6 is 34.7 Å². The largest absolute Gasteiger partial charge is 0.325 e. The third-order valence-electron chi connectivity index (χ3n) is 4.52. The molecule has 0 aliphatic carbocycles. The Kier molecular flexibility index (Phi) is 6.22. The zero-order chi connectivity index (χ0) is 21.1. The number of nitrogens with zero attached hydrogens (tertiary/aromatic N) is 2. The number of halogens is 1. The summed E-state index contributed by atoms with van der Waals surface area (Å²) in [6, 6.07) is 16.7. The monoisotopic (exact) mass is 455 g/mol. The van der Waals surface area contributed by atoms with Gasteiger partial charge in [0.25, 0.3) is 5.56 Å². The Bertz CT molecular complexity index is 1270. The van der Waals surface area contributed by atoms with Gasteiger partial charge in [0.2, 0.25) is 5.91 Å². The number of carbonyl (C=O) groups is 1. The van der Waals surface area contributed by atoms with E-state index < -0.39 is 0 Å². The van der Waals surface area contributed by atoms with Gasteiger partial charge in [-0.1, -0.05) is 54.6 Å². The second kappa shape index (κ2) is 9.04. The van der Waals surface area contributed by atoms with E-state index in [9.17, 15) is 9.59 Å². The van der Waals surface area contributed by atoms with Gasteiger partial charge in [-0.25, -0.2) is 4.98 Å². The van der Waals surface area contributed by atoms with Crippen LogP contribution in [-0.2, 0) is 11.2 Å². The second-order valence-corrected chi connectivity index (χ2v) is 8.77. The SMILES string of the molecule is CCc1ccc(NC(=O)CSc2nc3ccsc3c(=O)n2-c2ccccc2Cl)cc1. The van der Waals surface area contributed by atoms with Crippen molar-refractivity contribution >= 4 is 56.5 Å². The van der Waals surface area contributed by atoms with Gasteiger partial charge >= 0.3 is 0 Å². The number of anilines is 1. The number of amides is 1. The molecule has 2 aromatic heterocycles. The summed E-state index contributed by atoms with van der Waals surface area (Å²) >= 11 is 8.89. The van der Waals surface area contributed by atoms with E-state index >= 15 is 0 Å². The van der Waals surface area contributed by atoms with E-state index in [4.69, 9.17) is 11.6 Å². The average Bonchev–Trinajstić information content (AvgIpc) is 3.23. The van der Waals surface area contributed by atoms with Crippen molar-refractivity contribution in [1.82, 2.24) is 9.55 Å². The van der Waals surface area contributed by atoms with Crippen LogP contribution in [-0.4, -0.2) is 21.2 Å². The van der Waals surface area contributed by atoms with Gasteiger partial charge in [-0.05, 0) is 47.7 Å². The van der Waals surface area contributed by atoms with Crippen LogP contribution in [0.5, 0.6) is 0 Å². The van der Waals surface area contributed by atoms with E-state index in [-0.39, 0.29) is 17.2 Å². The molecular formula is C22H18ClN3O2S2. The molecule has 8 heteroatoms. The number of hydrogen-bond acceptors (Lipinski definition) is 5. The van der Waals surface area contributed by atoms with E-state index in [0.717, 1.165) is 12.1 Å². The lowest BCUT2D eigenvalue weighted by molar-refractivity contribution is -0.113. The van der Waals surface area contributed by atoms with Crippen molar-refractivity contribution in [3.8, 4) is 5.69 Å². The number of carbonyl (C=O) groups excluding carboxylic acids is 1. The highest BCUT2D eigenvalue weighted by Gasteiger charge is 2.17. The third kappa shape index (κ3) is 4.28. The summed E-state index contributed by atoms with van der Waals surface area (Å²) in [5, 5.41) is 5.58. The molecule has 0 fully saturated rings. The Balaban J connectivity index is 1.61. The van der Waals surface area contributed by atoms with Crippen molar-refractivity contribution in [2.45, 2.75) is 18.5 Å². The molecule has 0 aliphatic heterocycles. The molecule has 2 heterocycles. The van der Waals surface area contributed by atoms with Crippen LogP contribution in [0.15, 0.2) is 69.9 Å². The molecule has 0 unspecified atom stereocenters. The summed E-state index contributed by atoms with van der Waals surface area (Å²) in [4.78, 5) is 30.2. The molecule has 30 heavy (non-hydrogen) atoms. The van der Waals surface area contributed by atoms with Crippen LogP contribution in [0.25, 0.3) is 15.9 Å². The predicted molar refractivity (Wildman–Crippen MR) is 125 cm³/mol. The molecule has 4 aromatic rings. The van der Waals surface area contributed by atoms with Gasteiger partial charge in [0.05, 0.1) is 22.0 Å². The second-order valence-electron chi connectivity index (χ2n) is 6.51. The Morgan fingerprint density at radius 1 is 1.17 bits per heavy atom. The molecule has 2 aromatic carbocycles. The van der Waals surface area contributed by atoms with Gasteiger partial charge in [-0.15, -0.1) is 11.3 Å². The zero-order valence-electron chi connectivity index (χ0n) is 16.1. The van der Waals surface area contributed by atoms with Gasteiger partial charge in [0.15, 0.2) is 5.16 Å². The Morgan fingerprint density at radius 3 is 2.67 bits per heavy atom. The number of aryl methyl sites for hydroxylation is 1. The van der Waals surface area contributed by atoms with Crippen molar-refractivity contribution in [3.05, 3.63) is 80.9 Å². The minimum Gasteiger partial charge on any atom is -0.325 e.